The number of nitrogens with zero attached hydrogens (tertiary/aromatic N) is 1. The van der Waals surface area contributed by atoms with E-state index in [2.05, 4.69) is 10.3 Å². The third kappa shape index (κ3) is 1.14. The highest BCUT2D eigenvalue weighted by molar-refractivity contribution is 7.11. The molecule has 0 spiro atoms. The Hall–Kier alpha value is -0.900. The molecule has 1 aromatic heterocycles. The van der Waals surface area contributed by atoms with E-state index in [1.807, 2.05) is 0 Å². The predicted molar refractivity (Wildman–Crippen MR) is 42.8 cm³/mol. The number of carbonyl (C=O) groups excluding carboxylic acids is 1. The van der Waals surface area contributed by atoms with Crippen molar-refractivity contribution < 1.29 is 4.79 Å². The lowest BCUT2D eigenvalue weighted by molar-refractivity contribution is 0.0960. The number of aromatic nitrogens is 1. The maximum atomic E-state index is 11.2. The molecular formula is C7H8N2OS. The summed E-state index contributed by atoms with van der Waals surface area (Å²) >= 11 is 1.42. The van der Waals surface area contributed by atoms with Crippen LogP contribution in [-0.2, 0) is 6.42 Å². The van der Waals surface area contributed by atoms with Crippen molar-refractivity contribution in [2.24, 2.45) is 0 Å². The monoisotopic (exact) mass is 168 g/mol. The second-order valence-corrected chi connectivity index (χ2v) is 3.34. The average Bonchev–Trinajstić information content (AvgIpc) is 2.40. The van der Waals surface area contributed by atoms with Crippen LogP contribution in [0.15, 0.2) is 5.51 Å². The minimum absolute atomic E-state index is 0.0417. The average molecular weight is 168 g/mol. The molecule has 0 saturated carbocycles. The van der Waals surface area contributed by atoms with Gasteiger partial charge in [0.2, 0.25) is 0 Å². The molecule has 0 unspecified atom stereocenters. The van der Waals surface area contributed by atoms with E-state index >= 15 is 0 Å². The standard InChI is InChI=1S/C7H8N2OS/c10-7-6-5(9-4-11-6)2-1-3-8-7/h4H,1-3H2,(H,8,10). The van der Waals surface area contributed by atoms with Gasteiger partial charge in [-0.05, 0) is 12.8 Å². The van der Waals surface area contributed by atoms with Gasteiger partial charge in [-0.15, -0.1) is 11.3 Å². The summed E-state index contributed by atoms with van der Waals surface area (Å²) in [6.45, 7) is 0.780. The molecule has 0 radical (unpaired) electrons. The van der Waals surface area contributed by atoms with Crippen LogP contribution >= 0.6 is 11.3 Å². The second-order valence-electron chi connectivity index (χ2n) is 2.49. The zero-order valence-corrected chi connectivity index (χ0v) is 6.78. The van der Waals surface area contributed by atoms with Crippen LogP contribution in [0, 0.1) is 0 Å². The minimum atomic E-state index is 0.0417. The third-order valence-electron chi connectivity index (χ3n) is 1.72. The van der Waals surface area contributed by atoms with Crippen molar-refractivity contribution in [2.75, 3.05) is 6.54 Å². The number of amides is 1. The van der Waals surface area contributed by atoms with E-state index in [4.69, 9.17) is 0 Å². The molecule has 1 aliphatic heterocycles. The molecule has 1 aliphatic rings. The van der Waals surface area contributed by atoms with Crippen LogP contribution < -0.4 is 5.32 Å². The summed E-state index contributed by atoms with van der Waals surface area (Å²) in [4.78, 5) is 16.1. The van der Waals surface area contributed by atoms with Gasteiger partial charge in [0.25, 0.3) is 5.91 Å². The first-order valence-electron chi connectivity index (χ1n) is 3.58. The fourth-order valence-corrected chi connectivity index (χ4v) is 1.93. The van der Waals surface area contributed by atoms with Gasteiger partial charge in [-0.1, -0.05) is 0 Å². The summed E-state index contributed by atoms with van der Waals surface area (Å²) in [5.74, 6) is 0.0417. The molecule has 0 atom stereocenters. The number of thiazole rings is 1. The first kappa shape index (κ1) is 6.79. The Morgan fingerprint density at radius 2 is 2.55 bits per heavy atom. The van der Waals surface area contributed by atoms with Gasteiger partial charge in [-0.25, -0.2) is 4.98 Å². The smallest absolute Gasteiger partial charge is 0.263 e. The first-order chi connectivity index (χ1) is 5.38. The van der Waals surface area contributed by atoms with Gasteiger partial charge in [0.15, 0.2) is 0 Å². The lowest BCUT2D eigenvalue weighted by Crippen LogP contribution is -2.21. The number of nitrogens with one attached hydrogen (secondary N) is 1. The van der Waals surface area contributed by atoms with E-state index in [-0.39, 0.29) is 5.91 Å². The molecule has 1 N–H and O–H groups in total. The Balaban J connectivity index is 2.41. The number of aryl methyl sites for hydroxylation is 1. The molecule has 0 saturated heterocycles. The van der Waals surface area contributed by atoms with Crippen LogP contribution in [-0.4, -0.2) is 17.4 Å². The largest absolute Gasteiger partial charge is 0.351 e. The van der Waals surface area contributed by atoms with Crippen molar-refractivity contribution in [3.63, 3.8) is 0 Å². The first-order valence-corrected chi connectivity index (χ1v) is 4.46. The van der Waals surface area contributed by atoms with Crippen LogP contribution in [0.1, 0.15) is 21.8 Å². The molecule has 0 bridgehead atoms. The Bertz CT molecular complexity index is 282. The van der Waals surface area contributed by atoms with Crippen LogP contribution in [0.2, 0.25) is 0 Å². The van der Waals surface area contributed by atoms with E-state index in [0.29, 0.717) is 0 Å². The molecule has 0 aromatic carbocycles. The Kier molecular flexibility index (Phi) is 1.62. The minimum Gasteiger partial charge on any atom is -0.351 e. The Labute approximate surface area is 68.5 Å². The van der Waals surface area contributed by atoms with Gasteiger partial charge in [0.1, 0.15) is 4.88 Å². The Morgan fingerprint density at radius 3 is 3.45 bits per heavy atom. The zero-order chi connectivity index (χ0) is 7.68. The van der Waals surface area contributed by atoms with Gasteiger partial charge >= 0.3 is 0 Å². The summed E-state index contributed by atoms with van der Waals surface area (Å²) in [6.07, 6.45) is 1.93. The maximum Gasteiger partial charge on any atom is 0.263 e. The summed E-state index contributed by atoms with van der Waals surface area (Å²) in [6, 6.07) is 0. The van der Waals surface area contributed by atoms with Crippen LogP contribution in [0.5, 0.6) is 0 Å². The third-order valence-corrected chi connectivity index (χ3v) is 2.59. The van der Waals surface area contributed by atoms with Gasteiger partial charge in [-0.2, -0.15) is 0 Å². The van der Waals surface area contributed by atoms with Gasteiger partial charge in [0, 0.05) is 6.54 Å². The number of rotatable bonds is 0. The molecular weight excluding hydrogens is 160 g/mol. The number of carbonyl (C=O) groups is 1. The van der Waals surface area contributed by atoms with E-state index in [9.17, 15) is 4.79 Å². The molecule has 2 rings (SSSR count). The van der Waals surface area contributed by atoms with Crippen molar-refractivity contribution in [3.8, 4) is 0 Å². The lowest BCUT2D eigenvalue weighted by Gasteiger charge is -1.94. The highest BCUT2D eigenvalue weighted by Gasteiger charge is 2.16. The molecule has 3 nitrogen and oxygen atoms in total. The lowest BCUT2D eigenvalue weighted by atomic mass is 10.2. The highest BCUT2D eigenvalue weighted by Crippen LogP contribution is 2.16. The quantitative estimate of drug-likeness (QED) is 0.623. The summed E-state index contributed by atoms with van der Waals surface area (Å²) < 4.78 is 0. The van der Waals surface area contributed by atoms with Crippen molar-refractivity contribution in [1.82, 2.24) is 10.3 Å². The van der Waals surface area contributed by atoms with Crippen LogP contribution in [0.4, 0.5) is 0 Å². The molecule has 2 heterocycles. The van der Waals surface area contributed by atoms with E-state index in [1.165, 1.54) is 11.3 Å². The molecule has 58 valence electrons. The van der Waals surface area contributed by atoms with Gasteiger partial charge in [0.05, 0.1) is 11.2 Å². The number of hydrogen-bond donors (Lipinski definition) is 1. The molecule has 4 heteroatoms. The van der Waals surface area contributed by atoms with Crippen molar-refractivity contribution in [2.45, 2.75) is 12.8 Å². The van der Waals surface area contributed by atoms with Crippen molar-refractivity contribution in [3.05, 3.63) is 16.1 Å². The molecule has 0 fully saturated rings. The summed E-state index contributed by atoms with van der Waals surface area (Å²) in [7, 11) is 0. The van der Waals surface area contributed by atoms with Crippen molar-refractivity contribution in [1.29, 1.82) is 0 Å². The zero-order valence-electron chi connectivity index (χ0n) is 5.96. The number of hydrogen-bond acceptors (Lipinski definition) is 3. The maximum absolute atomic E-state index is 11.2. The fraction of sp³-hybridized carbons (Fsp3) is 0.429. The number of fused-ring (bicyclic) bond motifs is 1. The van der Waals surface area contributed by atoms with E-state index in [0.717, 1.165) is 30.0 Å². The summed E-state index contributed by atoms with van der Waals surface area (Å²) in [5, 5.41) is 2.82. The van der Waals surface area contributed by atoms with Crippen LogP contribution in [0.25, 0.3) is 0 Å². The highest BCUT2D eigenvalue weighted by atomic mass is 32.1. The topological polar surface area (TPSA) is 42.0 Å². The van der Waals surface area contributed by atoms with E-state index < -0.39 is 0 Å². The van der Waals surface area contributed by atoms with Gasteiger partial charge < -0.3 is 5.32 Å². The molecule has 1 amide bonds. The SMILES string of the molecule is O=C1NCCCc2ncsc21. The predicted octanol–water partition coefficient (Wildman–Crippen LogP) is 0.819. The normalized spacial score (nSPS) is 16.9. The molecule has 11 heavy (non-hydrogen) atoms. The molecule has 1 aromatic rings. The van der Waals surface area contributed by atoms with Crippen molar-refractivity contribution >= 4 is 17.2 Å². The Morgan fingerprint density at radius 1 is 1.64 bits per heavy atom. The van der Waals surface area contributed by atoms with Gasteiger partial charge in [-0.3, -0.25) is 4.79 Å². The van der Waals surface area contributed by atoms with Crippen LogP contribution in [0.3, 0.4) is 0 Å². The fourth-order valence-electron chi connectivity index (χ4n) is 1.17. The van der Waals surface area contributed by atoms with E-state index in [1.54, 1.807) is 5.51 Å². The molecule has 0 aliphatic carbocycles. The second kappa shape index (κ2) is 2.62. The summed E-state index contributed by atoms with van der Waals surface area (Å²) in [5.41, 5.74) is 2.69.